The van der Waals surface area contributed by atoms with Gasteiger partial charge in [-0.15, -0.1) is 13.2 Å². The first-order valence-corrected chi connectivity index (χ1v) is 9.75. The van der Waals surface area contributed by atoms with E-state index in [0.717, 1.165) is 11.3 Å². The summed E-state index contributed by atoms with van der Waals surface area (Å²) < 4.78 is 47.1. The third-order valence-electron chi connectivity index (χ3n) is 4.17. The van der Waals surface area contributed by atoms with Gasteiger partial charge in [-0.25, -0.2) is 4.98 Å². The Labute approximate surface area is 175 Å². The summed E-state index contributed by atoms with van der Waals surface area (Å²) in [6, 6.07) is 10.6. The first-order valence-electron chi connectivity index (χ1n) is 8.93. The van der Waals surface area contributed by atoms with Gasteiger partial charge < -0.3 is 14.4 Å². The molecule has 1 heterocycles. The molecule has 0 bridgehead atoms. The Balaban J connectivity index is 1.93. The van der Waals surface area contributed by atoms with Gasteiger partial charge in [0.2, 0.25) is 0 Å². The zero-order chi connectivity index (χ0) is 21.9. The maximum absolute atomic E-state index is 13.1. The quantitative estimate of drug-likeness (QED) is 0.546. The van der Waals surface area contributed by atoms with Crippen LogP contribution in [0.15, 0.2) is 42.5 Å². The number of fused-ring (bicyclic) bond motifs is 1. The smallest absolute Gasteiger partial charge is 0.497 e. The lowest BCUT2D eigenvalue weighted by molar-refractivity contribution is -0.274. The van der Waals surface area contributed by atoms with Crippen LogP contribution < -0.4 is 14.4 Å². The molecule has 0 saturated carbocycles. The molecule has 3 rings (SSSR count). The number of methoxy groups -OCH3 is 1. The molecule has 30 heavy (non-hydrogen) atoms. The van der Waals surface area contributed by atoms with E-state index in [0.29, 0.717) is 39.8 Å². The van der Waals surface area contributed by atoms with Crippen molar-refractivity contribution >= 4 is 32.6 Å². The van der Waals surface area contributed by atoms with Crippen molar-refractivity contribution < 1.29 is 27.4 Å². The Morgan fingerprint density at radius 3 is 2.33 bits per heavy atom. The number of benzene rings is 2. The van der Waals surface area contributed by atoms with E-state index in [1.54, 1.807) is 24.3 Å². The number of carbonyl (C=O) groups excluding carboxylic acids is 1. The number of ether oxygens (including phenoxy) is 2. The van der Waals surface area contributed by atoms with Gasteiger partial charge >= 0.3 is 6.36 Å². The minimum Gasteiger partial charge on any atom is -0.497 e. The highest BCUT2D eigenvalue weighted by Crippen LogP contribution is 2.34. The third-order valence-corrected chi connectivity index (χ3v) is 5.21. The van der Waals surface area contributed by atoms with E-state index in [1.165, 1.54) is 30.2 Å². The molecule has 0 aliphatic heterocycles. The Kier molecular flexibility index (Phi) is 6.47. The molecule has 0 atom stereocenters. The van der Waals surface area contributed by atoms with Crippen LogP contribution in [0.5, 0.6) is 11.5 Å². The maximum atomic E-state index is 13.1. The van der Waals surface area contributed by atoms with Crippen LogP contribution in [0.3, 0.4) is 0 Å². The van der Waals surface area contributed by atoms with Gasteiger partial charge in [0.05, 0.1) is 17.3 Å². The summed E-state index contributed by atoms with van der Waals surface area (Å²) >= 11 is 1.13. The second-order valence-corrected chi connectivity index (χ2v) is 7.67. The number of halogens is 3. The van der Waals surface area contributed by atoms with Crippen LogP contribution in [-0.2, 0) is 0 Å². The fraction of sp³-hybridized carbons (Fsp3) is 0.300. The Morgan fingerprint density at radius 2 is 1.73 bits per heavy atom. The Bertz CT molecular complexity index is 1020. The number of aromatic nitrogens is 1. The number of nitrogens with zero attached hydrogens (tertiary/aromatic N) is 3. The monoisotopic (exact) mass is 439 g/mol. The average Bonchev–Trinajstić information content (AvgIpc) is 3.09. The number of hydrogen-bond donors (Lipinski definition) is 0. The van der Waals surface area contributed by atoms with Crippen LogP contribution in [0.4, 0.5) is 18.3 Å². The standard InChI is InChI=1S/C20H20F3N3O3S/c1-25(2)10-11-26(18(27)13-4-6-14(28-3)7-5-13)19-24-16-9-8-15(12-17(16)30-19)29-20(21,22)23/h4-9,12H,10-11H2,1-3H3. The normalized spacial score (nSPS) is 11.7. The molecule has 0 fully saturated rings. The highest BCUT2D eigenvalue weighted by atomic mass is 32.1. The third kappa shape index (κ3) is 5.39. The molecule has 0 radical (unpaired) electrons. The van der Waals surface area contributed by atoms with Crippen LogP contribution in [0.2, 0.25) is 0 Å². The van der Waals surface area contributed by atoms with Crippen LogP contribution in [0.25, 0.3) is 10.2 Å². The minimum atomic E-state index is -4.77. The zero-order valence-corrected chi connectivity index (χ0v) is 17.4. The molecule has 3 aromatic rings. The van der Waals surface area contributed by atoms with Gasteiger partial charge in [0.1, 0.15) is 11.5 Å². The van der Waals surface area contributed by atoms with E-state index in [-0.39, 0.29) is 11.7 Å². The highest BCUT2D eigenvalue weighted by molar-refractivity contribution is 7.22. The molecule has 0 saturated heterocycles. The summed E-state index contributed by atoms with van der Waals surface area (Å²) in [7, 11) is 5.31. The lowest BCUT2D eigenvalue weighted by Crippen LogP contribution is -2.36. The lowest BCUT2D eigenvalue weighted by atomic mass is 10.2. The number of thiazole rings is 1. The summed E-state index contributed by atoms with van der Waals surface area (Å²) in [6.45, 7) is 0.948. The van der Waals surface area contributed by atoms with Gasteiger partial charge in [0, 0.05) is 24.7 Å². The molecule has 1 aromatic heterocycles. The van der Waals surface area contributed by atoms with Crippen molar-refractivity contribution in [3.63, 3.8) is 0 Å². The first-order chi connectivity index (χ1) is 14.2. The number of rotatable bonds is 7. The van der Waals surface area contributed by atoms with Crippen molar-refractivity contribution in [2.75, 3.05) is 39.2 Å². The molecule has 0 N–H and O–H groups in total. The minimum absolute atomic E-state index is 0.259. The number of anilines is 1. The summed E-state index contributed by atoms with van der Waals surface area (Å²) in [5, 5.41) is 0.400. The SMILES string of the molecule is COc1ccc(C(=O)N(CCN(C)C)c2nc3ccc(OC(F)(F)F)cc3s2)cc1. The molecule has 6 nitrogen and oxygen atoms in total. The summed E-state index contributed by atoms with van der Waals surface area (Å²) in [6.07, 6.45) is -4.77. The molecule has 0 aliphatic carbocycles. The van der Waals surface area contributed by atoms with Gasteiger partial charge in [-0.2, -0.15) is 0 Å². The van der Waals surface area contributed by atoms with Crippen LogP contribution in [0.1, 0.15) is 10.4 Å². The van der Waals surface area contributed by atoms with Gasteiger partial charge in [-0.3, -0.25) is 9.69 Å². The van der Waals surface area contributed by atoms with Crippen molar-refractivity contribution in [1.82, 2.24) is 9.88 Å². The molecular weight excluding hydrogens is 419 g/mol. The predicted molar refractivity (Wildman–Crippen MR) is 110 cm³/mol. The number of likely N-dealkylation sites (N-methyl/N-ethyl adjacent to an activating group) is 1. The Hall–Kier alpha value is -2.85. The van der Waals surface area contributed by atoms with E-state index < -0.39 is 6.36 Å². The molecular formula is C20H20F3N3O3S. The topological polar surface area (TPSA) is 54.9 Å². The van der Waals surface area contributed by atoms with Gasteiger partial charge in [-0.05, 0) is 50.5 Å². The van der Waals surface area contributed by atoms with Gasteiger partial charge in [0.15, 0.2) is 5.13 Å². The van der Waals surface area contributed by atoms with E-state index in [2.05, 4.69) is 9.72 Å². The van der Waals surface area contributed by atoms with Crippen molar-refractivity contribution in [2.45, 2.75) is 6.36 Å². The number of amides is 1. The van der Waals surface area contributed by atoms with E-state index in [1.807, 2.05) is 19.0 Å². The largest absolute Gasteiger partial charge is 0.573 e. The van der Waals surface area contributed by atoms with Crippen LogP contribution in [0, 0.1) is 0 Å². The van der Waals surface area contributed by atoms with Crippen LogP contribution >= 0.6 is 11.3 Å². The van der Waals surface area contributed by atoms with E-state index in [4.69, 9.17) is 4.74 Å². The molecule has 2 aromatic carbocycles. The van der Waals surface area contributed by atoms with Crippen molar-refractivity contribution in [3.05, 3.63) is 48.0 Å². The van der Waals surface area contributed by atoms with Gasteiger partial charge in [0.25, 0.3) is 5.91 Å². The highest BCUT2D eigenvalue weighted by Gasteiger charge is 2.31. The number of carbonyl (C=O) groups is 1. The number of alkyl halides is 3. The van der Waals surface area contributed by atoms with Crippen molar-refractivity contribution in [3.8, 4) is 11.5 Å². The predicted octanol–water partition coefficient (Wildman–Crippen LogP) is 4.41. The van der Waals surface area contributed by atoms with Crippen molar-refractivity contribution in [2.24, 2.45) is 0 Å². The number of hydrogen-bond acceptors (Lipinski definition) is 6. The maximum Gasteiger partial charge on any atom is 0.573 e. The summed E-state index contributed by atoms with van der Waals surface area (Å²) in [5.74, 6) is 0.0421. The average molecular weight is 439 g/mol. The molecule has 0 unspecified atom stereocenters. The second kappa shape index (κ2) is 8.88. The first kappa shape index (κ1) is 21.8. The van der Waals surface area contributed by atoms with E-state index in [9.17, 15) is 18.0 Å². The second-order valence-electron chi connectivity index (χ2n) is 6.66. The van der Waals surface area contributed by atoms with Crippen molar-refractivity contribution in [1.29, 1.82) is 0 Å². The van der Waals surface area contributed by atoms with E-state index >= 15 is 0 Å². The molecule has 0 aliphatic rings. The van der Waals surface area contributed by atoms with Crippen LogP contribution in [-0.4, -0.2) is 56.4 Å². The fourth-order valence-corrected chi connectivity index (χ4v) is 3.70. The fourth-order valence-electron chi connectivity index (χ4n) is 2.68. The Morgan fingerprint density at radius 1 is 1.07 bits per heavy atom. The molecule has 0 spiro atoms. The lowest BCUT2D eigenvalue weighted by Gasteiger charge is -2.22. The molecule has 10 heteroatoms. The molecule has 1 amide bonds. The molecule has 160 valence electrons. The summed E-state index contributed by atoms with van der Waals surface area (Å²) in [4.78, 5) is 21.1. The van der Waals surface area contributed by atoms with Gasteiger partial charge in [-0.1, -0.05) is 11.3 Å². The summed E-state index contributed by atoms with van der Waals surface area (Å²) in [5.41, 5.74) is 0.941. The zero-order valence-electron chi connectivity index (χ0n) is 16.6.